The van der Waals surface area contributed by atoms with Gasteiger partial charge in [-0.1, -0.05) is 6.92 Å². The summed E-state index contributed by atoms with van der Waals surface area (Å²) in [5, 5.41) is 11.1. The van der Waals surface area contributed by atoms with Crippen molar-refractivity contribution in [3.05, 3.63) is 34.1 Å². The van der Waals surface area contributed by atoms with Gasteiger partial charge in [-0.2, -0.15) is 0 Å². The third kappa shape index (κ3) is 3.52. The Kier molecular flexibility index (Phi) is 4.62. The van der Waals surface area contributed by atoms with Crippen molar-refractivity contribution in [3.8, 4) is 0 Å². The lowest BCUT2D eigenvalue weighted by Gasteiger charge is -2.12. The van der Waals surface area contributed by atoms with Crippen LogP contribution in [-0.2, 0) is 4.79 Å². The summed E-state index contributed by atoms with van der Waals surface area (Å²) in [5.74, 6) is -2.29. The van der Waals surface area contributed by atoms with Crippen LogP contribution in [0.15, 0.2) is 22.7 Å². The molecule has 0 spiro atoms. The molecule has 0 aliphatic heterocycles. The van der Waals surface area contributed by atoms with Gasteiger partial charge in [0.2, 0.25) is 0 Å². The molecule has 17 heavy (non-hydrogen) atoms. The summed E-state index contributed by atoms with van der Waals surface area (Å²) in [6.07, 6.45) is 0.264. The van der Waals surface area contributed by atoms with Crippen molar-refractivity contribution >= 4 is 27.8 Å². The van der Waals surface area contributed by atoms with E-state index in [-0.39, 0.29) is 16.5 Å². The van der Waals surface area contributed by atoms with Crippen LogP contribution in [0.3, 0.4) is 0 Å². The molecule has 0 bridgehead atoms. The first kappa shape index (κ1) is 13.6. The molecule has 4 nitrogen and oxygen atoms in total. The molecule has 1 rings (SSSR count). The molecule has 0 saturated heterocycles. The highest BCUT2D eigenvalue weighted by Gasteiger charge is 2.18. The van der Waals surface area contributed by atoms with Crippen molar-refractivity contribution in [1.29, 1.82) is 0 Å². The van der Waals surface area contributed by atoms with Gasteiger partial charge in [0.15, 0.2) is 0 Å². The molecule has 1 aromatic carbocycles. The normalized spacial score (nSPS) is 11.9. The van der Waals surface area contributed by atoms with E-state index in [1.807, 2.05) is 0 Å². The summed E-state index contributed by atoms with van der Waals surface area (Å²) in [4.78, 5) is 22.3. The van der Waals surface area contributed by atoms with E-state index in [9.17, 15) is 14.0 Å². The van der Waals surface area contributed by atoms with Crippen LogP contribution < -0.4 is 5.32 Å². The summed E-state index contributed by atoms with van der Waals surface area (Å²) in [5.41, 5.74) is 0.0883. The van der Waals surface area contributed by atoms with Crippen LogP contribution in [0, 0.1) is 5.82 Å². The van der Waals surface area contributed by atoms with Gasteiger partial charge in [0.05, 0.1) is 4.47 Å². The minimum Gasteiger partial charge on any atom is -0.480 e. The fraction of sp³-hybridized carbons (Fsp3) is 0.273. The number of rotatable bonds is 4. The smallest absolute Gasteiger partial charge is 0.326 e. The van der Waals surface area contributed by atoms with Crippen LogP contribution in [0.4, 0.5) is 4.39 Å². The highest BCUT2D eigenvalue weighted by atomic mass is 79.9. The van der Waals surface area contributed by atoms with E-state index < -0.39 is 23.7 Å². The van der Waals surface area contributed by atoms with Crippen LogP contribution in [-0.4, -0.2) is 23.0 Å². The molecule has 0 saturated carbocycles. The molecule has 0 heterocycles. The van der Waals surface area contributed by atoms with Crippen LogP contribution in [0.2, 0.25) is 0 Å². The lowest BCUT2D eigenvalue weighted by molar-refractivity contribution is -0.139. The molecule has 0 unspecified atom stereocenters. The number of carbonyl (C=O) groups excluding carboxylic acids is 1. The maximum atomic E-state index is 13.2. The van der Waals surface area contributed by atoms with E-state index in [4.69, 9.17) is 5.11 Å². The number of nitrogens with one attached hydrogen (secondary N) is 1. The second kappa shape index (κ2) is 5.77. The molecular weight excluding hydrogens is 293 g/mol. The summed E-state index contributed by atoms with van der Waals surface area (Å²) >= 11 is 2.97. The molecule has 1 aromatic rings. The van der Waals surface area contributed by atoms with E-state index >= 15 is 0 Å². The van der Waals surface area contributed by atoms with Crippen LogP contribution in [0.25, 0.3) is 0 Å². The molecule has 1 atom stereocenters. The quantitative estimate of drug-likeness (QED) is 0.896. The predicted molar refractivity (Wildman–Crippen MR) is 63.3 cm³/mol. The number of halogens is 2. The average Bonchev–Trinajstić information content (AvgIpc) is 2.28. The summed E-state index contributed by atoms with van der Waals surface area (Å²) in [6, 6.07) is 2.89. The average molecular weight is 304 g/mol. The van der Waals surface area contributed by atoms with Crippen LogP contribution in [0.1, 0.15) is 23.7 Å². The molecule has 2 N–H and O–H groups in total. The van der Waals surface area contributed by atoms with E-state index in [1.54, 1.807) is 6.92 Å². The number of amides is 1. The zero-order valence-electron chi connectivity index (χ0n) is 9.04. The van der Waals surface area contributed by atoms with Crippen LogP contribution >= 0.6 is 15.9 Å². The van der Waals surface area contributed by atoms with E-state index in [0.29, 0.717) is 0 Å². The Morgan fingerprint density at radius 3 is 2.65 bits per heavy atom. The Balaban J connectivity index is 2.82. The maximum Gasteiger partial charge on any atom is 0.326 e. The third-order valence-electron chi connectivity index (χ3n) is 2.19. The Labute approximate surface area is 106 Å². The monoisotopic (exact) mass is 303 g/mol. The third-order valence-corrected chi connectivity index (χ3v) is 2.84. The Morgan fingerprint density at radius 1 is 1.53 bits per heavy atom. The number of aliphatic carboxylic acids is 1. The number of carboxylic acids is 1. The molecule has 0 aromatic heterocycles. The first-order valence-corrected chi connectivity index (χ1v) is 5.73. The van der Waals surface area contributed by atoms with Crippen molar-refractivity contribution < 1.29 is 19.1 Å². The van der Waals surface area contributed by atoms with Crippen molar-refractivity contribution in [3.63, 3.8) is 0 Å². The highest BCUT2D eigenvalue weighted by molar-refractivity contribution is 9.10. The van der Waals surface area contributed by atoms with Gasteiger partial charge in [-0.05, 0) is 40.5 Å². The van der Waals surface area contributed by atoms with Gasteiger partial charge < -0.3 is 10.4 Å². The van der Waals surface area contributed by atoms with Crippen molar-refractivity contribution in [1.82, 2.24) is 5.32 Å². The van der Waals surface area contributed by atoms with Crippen molar-refractivity contribution in [2.24, 2.45) is 0 Å². The van der Waals surface area contributed by atoms with E-state index in [1.165, 1.54) is 12.1 Å². The Hall–Kier alpha value is -1.43. The van der Waals surface area contributed by atoms with Crippen LogP contribution in [0.5, 0.6) is 0 Å². The SMILES string of the molecule is CC[C@H](NC(=O)c1ccc(Br)c(F)c1)C(=O)O. The van der Waals surface area contributed by atoms with Crippen molar-refractivity contribution in [2.75, 3.05) is 0 Å². The lowest BCUT2D eigenvalue weighted by atomic mass is 10.1. The number of carboxylic acid groups (broad SMARTS) is 1. The zero-order valence-corrected chi connectivity index (χ0v) is 10.6. The lowest BCUT2D eigenvalue weighted by Crippen LogP contribution is -2.40. The first-order chi connectivity index (χ1) is 7.95. The number of hydrogen-bond acceptors (Lipinski definition) is 2. The van der Waals surface area contributed by atoms with Gasteiger partial charge in [-0.3, -0.25) is 4.79 Å². The standard InChI is InChI=1S/C11H11BrFNO3/c1-2-9(11(16)17)14-10(15)6-3-4-7(12)8(13)5-6/h3-5,9H,2H2,1H3,(H,14,15)(H,16,17)/t9-/m0/s1. The Bertz CT molecular complexity index is 450. The van der Waals surface area contributed by atoms with Gasteiger partial charge >= 0.3 is 5.97 Å². The van der Waals surface area contributed by atoms with Crippen molar-refractivity contribution in [2.45, 2.75) is 19.4 Å². The molecule has 1 amide bonds. The summed E-state index contributed by atoms with van der Waals surface area (Å²) in [7, 11) is 0. The predicted octanol–water partition coefficient (Wildman–Crippen LogP) is 2.18. The minimum absolute atomic E-state index is 0.0883. The number of benzene rings is 1. The second-order valence-electron chi connectivity index (χ2n) is 3.40. The fourth-order valence-electron chi connectivity index (χ4n) is 1.22. The van der Waals surface area contributed by atoms with Gasteiger partial charge in [0, 0.05) is 5.56 Å². The fourth-order valence-corrected chi connectivity index (χ4v) is 1.46. The molecule has 6 heteroatoms. The molecule has 0 aliphatic rings. The number of carbonyl (C=O) groups is 2. The van der Waals surface area contributed by atoms with Gasteiger partial charge in [-0.25, -0.2) is 9.18 Å². The largest absolute Gasteiger partial charge is 0.480 e. The molecular formula is C11H11BrFNO3. The first-order valence-electron chi connectivity index (χ1n) is 4.94. The molecule has 92 valence electrons. The molecule has 0 aliphatic carbocycles. The van der Waals surface area contributed by atoms with Gasteiger partial charge in [0.25, 0.3) is 5.91 Å². The number of hydrogen-bond donors (Lipinski definition) is 2. The van der Waals surface area contributed by atoms with E-state index in [2.05, 4.69) is 21.2 Å². The highest BCUT2D eigenvalue weighted by Crippen LogP contribution is 2.16. The summed E-state index contributed by atoms with van der Waals surface area (Å²) in [6.45, 7) is 1.64. The van der Waals surface area contributed by atoms with E-state index in [0.717, 1.165) is 6.07 Å². The maximum absolute atomic E-state index is 13.2. The second-order valence-corrected chi connectivity index (χ2v) is 4.26. The van der Waals surface area contributed by atoms with Gasteiger partial charge in [0.1, 0.15) is 11.9 Å². The Morgan fingerprint density at radius 2 is 2.18 bits per heavy atom. The molecule has 0 fully saturated rings. The zero-order chi connectivity index (χ0) is 13.0. The topological polar surface area (TPSA) is 66.4 Å². The molecule has 0 radical (unpaired) electrons. The minimum atomic E-state index is -1.11. The van der Waals surface area contributed by atoms with Gasteiger partial charge in [-0.15, -0.1) is 0 Å². The summed E-state index contributed by atoms with van der Waals surface area (Å²) < 4.78 is 13.4.